The molecule has 1 heterocycles. The summed E-state index contributed by atoms with van der Waals surface area (Å²) in [5, 5.41) is 16.3. The summed E-state index contributed by atoms with van der Waals surface area (Å²) in [6, 6.07) is 3.79. The molecular weight excluding hydrogens is 364 g/mol. The number of aryl methyl sites for hydroxylation is 1. The summed E-state index contributed by atoms with van der Waals surface area (Å²) in [7, 11) is -3.80. The highest BCUT2D eigenvalue weighted by atomic mass is 79.9. The molecule has 9 heteroatoms. The molecule has 1 aromatic carbocycles. The van der Waals surface area contributed by atoms with Crippen molar-refractivity contribution < 1.29 is 22.7 Å². The summed E-state index contributed by atoms with van der Waals surface area (Å²) in [5.74, 6) is -1.37. The van der Waals surface area contributed by atoms with Gasteiger partial charge in [0.05, 0.1) is 10.5 Å². The van der Waals surface area contributed by atoms with Crippen molar-refractivity contribution >= 4 is 31.7 Å². The smallest absolute Gasteiger partial charge is 0.335 e. The molecule has 2 aromatic rings. The van der Waals surface area contributed by atoms with Crippen molar-refractivity contribution in [3.63, 3.8) is 0 Å². The van der Waals surface area contributed by atoms with E-state index in [1.54, 1.807) is 6.92 Å². The van der Waals surface area contributed by atoms with Crippen LogP contribution in [0.5, 0.6) is 0 Å². The van der Waals surface area contributed by atoms with E-state index in [0.29, 0.717) is 12.3 Å². The van der Waals surface area contributed by atoms with Crippen LogP contribution in [-0.4, -0.2) is 29.7 Å². The molecule has 0 aliphatic rings. The molecule has 7 nitrogen and oxygen atoms in total. The molecule has 0 bridgehead atoms. The van der Waals surface area contributed by atoms with Crippen LogP contribution in [0.25, 0.3) is 0 Å². The fourth-order valence-electron chi connectivity index (χ4n) is 1.60. The standard InChI is InChI=1S/C12H11BrN2O5S/c1-2-10-14-15-11(20-10)6-21(18,19)9-5-7(12(16)17)3-4-8(9)13/h3-5H,2,6H2,1H3,(H,16,17). The second-order valence-electron chi connectivity index (χ2n) is 4.15. The molecule has 0 radical (unpaired) electrons. The van der Waals surface area contributed by atoms with Gasteiger partial charge in [0.15, 0.2) is 9.84 Å². The zero-order valence-corrected chi connectivity index (χ0v) is 13.3. The lowest BCUT2D eigenvalue weighted by molar-refractivity contribution is 0.0696. The highest BCUT2D eigenvalue weighted by Crippen LogP contribution is 2.26. The molecule has 0 aliphatic heterocycles. The van der Waals surface area contributed by atoms with Gasteiger partial charge in [0, 0.05) is 10.9 Å². The fourth-order valence-corrected chi connectivity index (χ4v) is 3.86. The van der Waals surface area contributed by atoms with Crippen molar-refractivity contribution in [3.8, 4) is 0 Å². The Morgan fingerprint density at radius 2 is 2.00 bits per heavy atom. The van der Waals surface area contributed by atoms with Crippen molar-refractivity contribution in [3.05, 3.63) is 40.0 Å². The molecule has 1 aromatic heterocycles. The average Bonchev–Trinajstić information content (AvgIpc) is 2.85. The maximum absolute atomic E-state index is 12.3. The molecule has 0 unspecified atom stereocenters. The van der Waals surface area contributed by atoms with Gasteiger partial charge in [-0.05, 0) is 34.1 Å². The van der Waals surface area contributed by atoms with E-state index in [0.717, 1.165) is 6.07 Å². The molecule has 0 spiro atoms. The second kappa shape index (κ2) is 5.94. The van der Waals surface area contributed by atoms with Gasteiger partial charge in [-0.3, -0.25) is 0 Å². The first kappa shape index (κ1) is 15.6. The largest absolute Gasteiger partial charge is 0.478 e. The second-order valence-corrected chi connectivity index (χ2v) is 6.96. The molecule has 112 valence electrons. The molecule has 0 atom stereocenters. The Labute approximate surface area is 129 Å². The fraction of sp³-hybridized carbons (Fsp3) is 0.250. The van der Waals surface area contributed by atoms with Crippen LogP contribution in [0.15, 0.2) is 32.0 Å². The van der Waals surface area contributed by atoms with E-state index in [4.69, 9.17) is 9.52 Å². The molecular formula is C12H11BrN2O5S. The lowest BCUT2D eigenvalue weighted by Crippen LogP contribution is -2.08. The van der Waals surface area contributed by atoms with Gasteiger partial charge in [0.25, 0.3) is 0 Å². The number of nitrogens with zero attached hydrogens (tertiary/aromatic N) is 2. The summed E-state index contributed by atoms with van der Waals surface area (Å²) >= 11 is 3.11. The average molecular weight is 375 g/mol. The number of sulfone groups is 1. The first-order valence-corrected chi connectivity index (χ1v) is 8.35. The van der Waals surface area contributed by atoms with Crippen LogP contribution in [-0.2, 0) is 22.0 Å². The van der Waals surface area contributed by atoms with Gasteiger partial charge in [-0.2, -0.15) is 0 Å². The molecule has 0 saturated carbocycles. The number of carboxylic acids is 1. The summed E-state index contributed by atoms with van der Waals surface area (Å²) in [6.45, 7) is 1.80. The van der Waals surface area contributed by atoms with Crippen molar-refractivity contribution in [2.75, 3.05) is 0 Å². The van der Waals surface area contributed by atoms with E-state index < -0.39 is 21.6 Å². The van der Waals surface area contributed by atoms with Gasteiger partial charge in [-0.1, -0.05) is 6.92 Å². The van der Waals surface area contributed by atoms with E-state index >= 15 is 0 Å². The van der Waals surface area contributed by atoms with Crippen LogP contribution >= 0.6 is 15.9 Å². The number of halogens is 1. The Balaban J connectivity index is 2.39. The maximum atomic E-state index is 12.3. The summed E-state index contributed by atoms with van der Waals surface area (Å²) in [5.41, 5.74) is -0.114. The summed E-state index contributed by atoms with van der Waals surface area (Å²) in [6.07, 6.45) is 0.505. The number of aromatic nitrogens is 2. The topological polar surface area (TPSA) is 110 Å². The number of carboxylic acid groups (broad SMARTS) is 1. The van der Waals surface area contributed by atoms with Crippen LogP contribution in [0.2, 0.25) is 0 Å². The van der Waals surface area contributed by atoms with Crippen LogP contribution in [0.4, 0.5) is 0 Å². The van der Waals surface area contributed by atoms with Crippen molar-refractivity contribution in [2.45, 2.75) is 24.0 Å². The van der Waals surface area contributed by atoms with Crippen molar-refractivity contribution in [1.82, 2.24) is 10.2 Å². The third kappa shape index (κ3) is 3.48. The van der Waals surface area contributed by atoms with Gasteiger partial charge in [-0.15, -0.1) is 10.2 Å². The first-order valence-electron chi connectivity index (χ1n) is 5.90. The quantitative estimate of drug-likeness (QED) is 0.852. The predicted molar refractivity (Wildman–Crippen MR) is 75.7 cm³/mol. The van der Waals surface area contributed by atoms with Gasteiger partial charge < -0.3 is 9.52 Å². The normalized spacial score (nSPS) is 11.5. The first-order chi connectivity index (χ1) is 9.83. The van der Waals surface area contributed by atoms with Crippen LogP contribution in [0.3, 0.4) is 0 Å². The van der Waals surface area contributed by atoms with E-state index in [9.17, 15) is 13.2 Å². The van der Waals surface area contributed by atoms with Crippen LogP contribution in [0.1, 0.15) is 29.1 Å². The highest BCUT2D eigenvalue weighted by Gasteiger charge is 2.23. The molecule has 21 heavy (non-hydrogen) atoms. The number of benzene rings is 1. The maximum Gasteiger partial charge on any atom is 0.335 e. The van der Waals surface area contributed by atoms with E-state index in [1.165, 1.54) is 12.1 Å². The van der Waals surface area contributed by atoms with Crippen LogP contribution in [0, 0.1) is 0 Å². The molecule has 0 saturated heterocycles. The van der Waals surface area contributed by atoms with Crippen molar-refractivity contribution in [2.24, 2.45) is 0 Å². The Bertz CT molecular complexity index is 785. The molecule has 0 amide bonds. The number of rotatable bonds is 5. The van der Waals surface area contributed by atoms with Gasteiger partial charge in [-0.25, -0.2) is 13.2 Å². The summed E-state index contributed by atoms with van der Waals surface area (Å²) in [4.78, 5) is 10.8. The molecule has 0 fully saturated rings. The Kier molecular flexibility index (Phi) is 4.43. The molecule has 2 rings (SSSR count). The van der Waals surface area contributed by atoms with E-state index in [2.05, 4.69) is 26.1 Å². The van der Waals surface area contributed by atoms with Crippen molar-refractivity contribution in [1.29, 1.82) is 0 Å². The zero-order valence-electron chi connectivity index (χ0n) is 10.9. The summed E-state index contributed by atoms with van der Waals surface area (Å²) < 4.78 is 30.1. The molecule has 1 N–H and O–H groups in total. The van der Waals surface area contributed by atoms with E-state index in [1.807, 2.05) is 0 Å². The van der Waals surface area contributed by atoms with Crippen LogP contribution < -0.4 is 0 Å². The Morgan fingerprint density at radius 3 is 2.57 bits per heavy atom. The Hall–Kier alpha value is -1.74. The van der Waals surface area contributed by atoms with Gasteiger partial charge in [0.2, 0.25) is 11.8 Å². The highest BCUT2D eigenvalue weighted by molar-refractivity contribution is 9.10. The minimum absolute atomic E-state index is 0.0283. The third-order valence-electron chi connectivity index (χ3n) is 2.64. The monoisotopic (exact) mass is 374 g/mol. The SMILES string of the molecule is CCc1nnc(CS(=O)(=O)c2cc(C(=O)O)ccc2Br)o1. The third-order valence-corrected chi connectivity index (χ3v) is 5.23. The Morgan fingerprint density at radius 1 is 1.33 bits per heavy atom. The number of aromatic carboxylic acids is 1. The zero-order chi connectivity index (χ0) is 15.6. The predicted octanol–water partition coefficient (Wildman–Crippen LogP) is 2.07. The lowest BCUT2D eigenvalue weighted by atomic mass is 10.2. The van der Waals surface area contributed by atoms with Gasteiger partial charge in [0.1, 0.15) is 5.75 Å². The number of carbonyl (C=O) groups is 1. The lowest BCUT2D eigenvalue weighted by Gasteiger charge is -2.06. The minimum atomic E-state index is -3.80. The minimum Gasteiger partial charge on any atom is -0.478 e. The van der Waals surface area contributed by atoms with E-state index in [-0.39, 0.29) is 20.8 Å². The molecule has 0 aliphatic carbocycles. The number of hydrogen-bond donors (Lipinski definition) is 1. The number of hydrogen-bond acceptors (Lipinski definition) is 6. The van der Waals surface area contributed by atoms with Gasteiger partial charge >= 0.3 is 5.97 Å².